The molecule has 0 aliphatic carbocycles. The van der Waals surface area contributed by atoms with Gasteiger partial charge in [0.25, 0.3) is 0 Å². The van der Waals surface area contributed by atoms with Gasteiger partial charge in [-0.2, -0.15) is 0 Å². The summed E-state index contributed by atoms with van der Waals surface area (Å²) in [5.74, 6) is -0.988. The number of aromatic nitrogens is 2. The number of anilines is 1. The van der Waals surface area contributed by atoms with Crippen LogP contribution in [0.4, 0.5) is 10.2 Å². The van der Waals surface area contributed by atoms with Crippen LogP contribution in [0.1, 0.15) is 42.2 Å². The van der Waals surface area contributed by atoms with E-state index in [1.54, 1.807) is 23.7 Å². The SMILES string of the molecule is CCCCC1C(=O)c2c(nc(Br)n2Cc2ccc(F)cc2)N(C)C1=O. The Balaban J connectivity index is 2.00. The molecule has 1 atom stereocenters. The Morgan fingerprint density at radius 1 is 1.24 bits per heavy atom. The number of rotatable bonds is 5. The van der Waals surface area contributed by atoms with Crippen molar-refractivity contribution in [3.8, 4) is 0 Å². The maximum Gasteiger partial charge on any atom is 0.238 e. The van der Waals surface area contributed by atoms with Crippen LogP contribution < -0.4 is 4.90 Å². The van der Waals surface area contributed by atoms with Crippen molar-refractivity contribution in [1.29, 1.82) is 0 Å². The van der Waals surface area contributed by atoms with Gasteiger partial charge < -0.3 is 4.57 Å². The molecule has 2 heterocycles. The summed E-state index contributed by atoms with van der Waals surface area (Å²) in [6.45, 7) is 2.40. The fourth-order valence-electron chi connectivity index (χ4n) is 3.09. The first-order valence-corrected chi connectivity index (χ1v) is 9.05. The van der Waals surface area contributed by atoms with E-state index in [0.717, 1.165) is 18.4 Å². The molecular weight excluding hydrogens is 389 g/mol. The van der Waals surface area contributed by atoms with E-state index < -0.39 is 5.92 Å². The molecule has 0 spiro atoms. The number of nitrogens with zero attached hydrogens (tertiary/aromatic N) is 3. The van der Waals surface area contributed by atoms with Gasteiger partial charge in [0.2, 0.25) is 5.91 Å². The molecule has 2 aromatic rings. The molecule has 25 heavy (non-hydrogen) atoms. The monoisotopic (exact) mass is 407 g/mol. The standard InChI is InChI=1S/C18H19BrFN3O2/c1-3-4-5-13-15(24)14-16(22(2)17(13)25)21-18(19)23(14)10-11-6-8-12(20)9-7-11/h6-9,13H,3-5,10H2,1-2H3. The number of hydrogen-bond acceptors (Lipinski definition) is 3. The highest BCUT2D eigenvalue weighted by atomic mass is 79.9. The number of carbonyl (C=O) groups excluding carboxylic acids is 2. The van der Waals surface area contributed by atoms with Crippen LogP contribution in [0.5, 0.6) is 0 Å². The third-order valence-electron chi connectivity index (χ3n) is 4.50. The molecule has 0 bridgehead atoms. The van der Waals surface area contributed by atoms with Gasteiger partial charge in [0.1, 0.15) is 17.4 Å². The predicted octanol–water partition coefficient (Wildman–Crippen LogP) is 3.80. The van der Waals surface area contributed by atoms with Gasteiger partial charge in [-0.1, -0.05) is 31.9 Å². The first-order chi connectivity index (χ1) is 11.9. The zero-order valence-electron chi connectivity index (χ0n) is 14.1. The lowest BCUT2D eigenvalue weighted by Gasteiger charge is -2.28. The molecule has 7 heteroatoms. The van der Waals surface area contributed by atoms with Crippen molar-refractivity contribution in [2.45, 2.75) is 32.7 Å². The van der Waals surface area contributed by atoms with E-state index in [-0.39, 0.29) is 17.5 Å². The lowest BCUT2D eigenvalue weighted by molar-refractivity contribution is -0.121. The molecule has 1 amide bonds. The van der Waals surface area contributed by atoms with Gasteiger partial charge in [-0.25, -0.2) is 9.37 Å². The molecule has 3 rings (SSSR count). The second-order valence-electron chi connectivity index (χ2n) is 6.22. The molecule has 1 aliphatic heterocycles. The van der Waals surface area contributed by atoms with Gasteiger partial charge in [-0.3, -0.25) is 14.5 Å². The van der Waals surface area contributed by atoms with Gasteiger partial charge in [0.05, 0.1) is 6.54 Å². The van der Waals surface area contributed by atoms with E-state index in [4.69, 9.17) is 0 Å². The highest BCUT2D eigenvalue weighted by molar-refractivity contribution is 9.10. The molecule has 1 aromatic heterocycles. The van der Waals surface area contributed by atoms with Crippen molar-refractivity contribution in [3.05, 3.63) is 46.1 Å². The van der Waals surface area contributed by atoms with E-state index in [1.165, 1.54) is 17.0 Å². The van der Waals surface area contributed by atoms with Gasteiger partial charge in [0.15, 0.2) is 16.3 Å². The minimum Gasteiger partial charge on any atom is -0.310 e. The van der Waals surface area contributed by atoms with Gasteiger partial charge >= 0.3 is 0 Å². The molecule has 1 unspecified atom stereocenters. The highest BCUT2D eigenvalue weighted by Gasteiger charge is 2.41. The summed E-state index contributed by atoms with van der Waals surface area (Å²) < 4.78 is 15.3. The van der Waals surface area contributed by atoms with Crippen molar-refractivity contribution < 1.29 is 14.0 Å². The number of amides is 1. The third kappa shape index (κ3) is 3.25. The van der Waals surface area contributed by atoms with Crippen molar-refractivity contribution in [2.75, 3.05) is 11.9 Å². The summed E-state index contributed by atoms with van der Waals surface area (Å²) in [4.78, 5) is 31.3. The maximum atomic E-state index is 13.1. The van der Waals surface area contributed by atoms with Crippen LogP contribution in [-0.4, -0.2) is 28.3 Å². The van der Waals surface area contributed by atoms with Crippen LogP contribution in [0.15, 0.2) is 29.0 Å². The quantitative estimate of drug-likeness (QED) is 0.708. The Labute approximate surface area is 154 Å². The summed E-state index contributed by atoms with van der Waals surface area (Å²) >= 11 is 3.38. The van der Waals surface area contributed by atoms with Gasteiger partial charge in [0, 0.05) is 7.05 Å². The zero-order chi connectivity index (χ0) is 18.1. The van der Waals surface area contributed by atoms with Gasteiger partial charge in [-0.05, 0) is 40.0 Å². The molecule has 0 saturated heterocycles. The second-order valence-corrected chi connectivity index (χ2v) is 6.93. The highest BCUT2D eigenvalue weighted by Crippen LogP contribution is 2.34. The third-order valence-corrected chi connectivity index (χ3v) is 5.10. The Kier molecular flexibility index (Phi) is 5.03. The van der Waals surface area contributed by atoms with E-state index in [0.29, 0.717) is 29.2 Å². The Bertz CT molecular complexity index is 816. The average molecular weight is 408 g/mol. The van der Waals surface area contributed by atoms with Crippen LogP contribution in [0.2, 0.25) is 0 Å². The molecule has 132 valence electrons. The fraction of sp³-hybridized carbons (Fsp3) is 0.389. The van der Waals surface area contributed by atoms with Crippen LogP contribution in [-0.2, 0) is 11.3 Å². The molecule has 0 N–H and O–H groups in total. The topological polar surface area (TPSA) is 55.2 Å². The normalized spacial score (nSPS) is 17.1. The molecule has 5 nitrogen and oxygen atoms in total. The summed E-state index contributed by atoms with van der Waals surface area (Å²) in [6.07, 6.45) is 2.28. The second kappa shape index (κ2) is 7.07. The minimum absolute atomic E-state index is 0.188. The number of unbranched alkanes of at least 4 members (excludes halogenated alkanes) is 1. The maximum absolute atomic E-state index is 13.1. The number of imidazole rings is 1. The largest absolute Gasteiger partial charge is 0.310 e. The van der Waals surface area contributed by atoms with Crippen molar-refractivity contribution in [2.24, 2.45) is 5.92 Å². The first-order valence-electron chi connectivity index (χ1n) is 8.26. The van der Waals surface area contributed by atoms with Crippen LogP contribution in [0.25, 0.3) is 0 Å². The summed E-state index contributed by atoms with van der Waals surface area (Å²) in [7, 11) is 1.65. The summed E-state index contributed by atoms with van der Waals surface area (Å²) in [6, 6.07) is 6.11. The average Bonchev–Trinajstić information content (AvgIpc) is 2.92. The molecule has 0 saturated carbocycles. The van der Waals surface area contributed by atoms with Crippen molar-refractivity contribution >= 4 is 33.4 Å². The summed E-state index contributed by atoms with van der Waals surface area (Å²) in [5.41, 5.74) is 1.28. The number of benzene rings is 1. The number of hydrogen-bond donors (Lipinski definition) is 0. The van der Waals surface area contributed by atoms with E-state index in [2.05, 4.69) is 20.9 Å². The number of carbonyl (C=O) groups is 2. The molecule has 0 radical (unpaired) electrons. The van der Waals surface area contributed by atoms with E-state index in [1.807, 2.05) is 6.92 Å². The number of ketones is 1. The lowest BCUT2D eigenvalue weighted by Crippen LogP contribution is -2.43. The molecule has 1 aliphatic rings. The fourth-order valence-corrected chi connectivity index (χ4v) is 3.56. The predicted molar refractivity (Wildman–Crippen MR) is 96.2 cm³/mol. The Hall–Kier alpha value is -2.02. The Morgan fingerprint density at radius 3 is 2.56 bits per heavy atom. The van der Waals surface area contributed by atoms with E-state index in [9.17, 15) is 14.0 Å². The lowest BCUT2D eigenvalue weighted by atomic mass is 9.91. The number of Topliss-reactive ketones (excluding diaryl/α,β-unsaturated/α-hetero) is 1. The van der Waals surface area contributed by atoms with Crippen LogP contribution in [0.3, 0.4) is 0 Å². The number of halogens is 2. The molecule has 0 fully saturated rings. The van der Waals surface area contributed by atoms with Crippen molar-refractivity contribution in [1.82, 2.24) is 9.55 Å². The first kappa shape index (κ1) is 17.8. The smallest absolute Gasteiger partial charge is 0.238 e. The molecular formula is C18H19BrFN3O2. The zero-order valence-corrected chi connectivity index (χ0v) is 15.7. The van der Waals surface area contributed by atoms with Crippen molar-refractivity contribution in [3.63, 3.8) is 0 Å². The van der Waals surface area contributed by atoms with Crippen LogP contribution >= 0.6 is 15.9 Å². The minimum atomic E-state index is -0.659. The molecule has 1 aromatic carbocycles. The van der Waals surface area contributed by atoms with E-state index >= 15 is 0 Å². The summed E-state index contributed by atoms with van der Waals surface area (Å²) in [5, 5.41) is 0. The Morgan fingerprint density at radius 2 is 1.92 bits per heavy atom. The van der Waals surface area contributed by atoms with Crippen LogP contribution in [0, 0.1) is 11.7 Å². The number of fused-ring (bicyclic) bond motifs is 1. The van der Waals surface area contributed by atoms with Gasteiger partial charge in [-0.15, -0.1) is 0 Å².